The van der Waals surface area contributed by atoms with Crippen LogP contribution in [0.15, 0.2) is 66.0 Å². The number of anilines is 1. The van der Waals surface area contributed by atoms with Crippen molar-refractivity contribution in [2.24, 2.45) is 0 Å². The van der Waals surface area contributed by atoms with Crippen molar-refractivity contribution < 1.29 is 13.2 Å². The Labute approximate surface area is 167 Å². The molecule has 3 aromatic rings. The Morgan fingerprint density at radius 1 is 1.07 bits per heavy atom. The average molecular weight is 414 g/mol. The van der Waals surface area contributed by atoms with Crippen LogP contribution in [0.4, 0.5) is 5.69 Å². The number of rotatable bonds is 5. The second-order valence-electron chi connectivity index (χ2n) is 6.64. The van der Waals surface area contributed by atoms with E-state index in [1.54, 1.807) is 4.90 Å². The first-order valence-electron chi connectivity index (χ1n) is 8.93. The molecular formula is C20H19N3O3S2. The number of fused-ring (bicyclic) bond motifs is 1. The van der Waals surface area contributed by atoms with E-state index in [2.05, 4.69) is 9.97 Å². The number of hydrogen-bond acceptors (Lipinski definition) is 6. The van der Waals surface area contributed by atoms with Gasteiger partial charge in [-0.25, -0.2) is 18.4 Å². The third-order valence-corrected chi connectivity index (χ3v) is 7.46. The van der Waals surface area contributed by atoms with Crippen LogP contribution in [0, 0.1) is 0 Å². The highest BCUT2D eigenvalue weighted by Crippen LogP contribution is 2.28. The number of para-hydroxylation sites is 2. The summed E-state index contributed by atoms with van der Waals surface area (Å²) in [6.07, 6.45) is 1.96. The van der Waals surface area contributed by atoms with Crippen LogP contribution >= 0.6 is 11.8 Å². The third kappa shape index (κ3) is 4.02. The molecule has 0 saturated carbocycles. The number of carbonyl (C=O) groups excluding carboxylic acids is 1. The molecule has 28 heavy (non-hydrogen) atoms. The lowest BCUT2D eigenvalue weighted by Gasteiger charge is -2.28. The van der Waals surface area contributed by atoms with Gasteiger partial charge in [-0.2, -0.15) is 0 Å². The molecule has 1 saturated heterocycles. The summed E-state index contributed by atoms with van der Waals surface area (Å²) in [5, 5.41) is 1.64. The predicted octanol–water partition coefficient (Wildman–Crippen LogP) is 2.94. The molecule has 0 radical (unpaired) electrons. The van der Waals surface area contributed by atoms with Crippen molar-refractivity contribution in [3.8, 4) is 0 Å². The number of sulfone groups is 1. The lowest BCUT2D eigenvalue weighted by atomic mass is 10.2. The topological polar surface area (TPSA) is 80.2 Å². The number of nitrogens with zero attached hydrogens (tertiary/aromatic N) is 3. The first-order chi connectivity index (χ1) is 13.5. The first-order valence-corrected chi connectivity index (χ1v) is 11.7. The molecule has 0 N–H and O–H groups in total. The van der Waals surface area contributed by atoms with Crippen LogP contribution in [0.5, 0.6) is 0 Å². The SMILES string of the molecule is O=C(CSc1ncnc2ccccc12)N(c1ccccc1)[C@@H]1CCS(=O)(=O)C1. The second-order valence-corrected chi connectivity index (χ2v) is 9.83. The molecule has 1 fully saturated rings. The number of thioether (sulfide) groups is 1. The van der Waals surface area contributed by atoms with Gasteiger partial charge in [-0.1, -0.05) is 48.2 Å². The Morgan fingerprint density at radius 2 is 1.82 bits per heavy atom. The van der Waals surface area contributed by atoms with E-state index in [9.17, 15) is 13.2 Å². The van der Waals surface area contributed by atoms with Crippen molar-refractivity contribution in [3.05, 3.63) is 60.9 Å². The van der Waals surface area contributed by atoms with Crippen LogP contribution in [-0.2, 0) is 14.6 Å². The second kappa shape index (κ2) is 7.89. The molecule has 1 amide bonds. The Morgan fingerprint density at radius 3 is 2.57 bits per heavy atom. The van der Waals surface area contributed by atoms with E-state index < -0.39 is 9.84 Å². The molecule has 1 aliphatic rings. The summed E-state index contributed by atoms with van der Waals surface area (Å²) in [5.74, 6) is 0.181. The summed E-state index contributed by atoms with van der Waals surface area (Å²) in [7, 11) is -3.10. The maximum absolute atomic E-state index is 13.1. The molecule has 4 rings (SSSR count). The van der Waals surface area contributed by atoms with E-state index in [0.717, 1.165) is 21.6 Å². The van der Waals surface area contributed by atoms with Crippen molar-refractivity contribution in [1.29, 1.82) is 0 Å². The minimum absolute atomic E-state index is 0.00867. The zero-order valence-corrected chi connectivity index (χ0v) is 16.7. The van der Waals surface area contributed by atoms with E-state index in [-0.39, 0.29) is 29.2 Å². The fraction of sp³-hybridized carbons (Fsp3) is 0.250. The monoisotopic (exact) mass is 413 g/mol. The summed E-state index contributed by atoms with van der Waals surface area (Å²) in [4.78, 5) is 23.3. The minimum Gasteiger partial charge on any atom is -0.308 e. The van der Waals surface area contributed by atoms with Crippen LogP contribution in [-0.4, -0.2) is 47.6 Å². The van der Waals surface area contributed by atoms with E-state index in [1.807, 2.05) is 54.6 Å². The Bertz CT molecular complexity index is 1100. The van der Waals surface area contributed by atoms with E-state index in [0.29, 0.717) is 6.42 Å². The van der Waals surface area contributed by atoms with Gasteiger partial charge in [0, 0.05) is 11.1 Å². The maximum atomic E-state index is 13.1. The van der Waals surface area contributed by atoms with E-state index >= 15 is 0 Å². The summed E-state index contributed by atoms with van der Waals surface area (Å²) in [6, 6.07) is 16.6. The number of aromatic nitrogens is 2. The smallest absolute Gasteiger partial charge is 0.237 e. The fourth-order valence-corrected chi connectivity index (χ4v) is 5.97. The molecule has 0 unspecified atom stereocenters. The third-order valence-electron chi connectivity index (χ3n) is 4.72. The molecule has 1 aliphatic heterocycles. The summed E-state index contributed by atoms with van der Waals surface area (Å²) >= 11 is 1.35. The molecule has 1 atom stereocenters. The Hall–Kier alpha value is -2.45. The Kier molecular flexibility index (Phi) is 5.32. The highest BCUT2D eigenvalue weighted by atomic mass is 32.2. The van der Waals surface area contributed by atoms with Crippen molar-refractivity contribution >= 4 is 44.1 Å². The van der Waals surface area contributed by atoms with Crippen LogP contribution in [0.2, 0.25) is 0 Å². The van der Waals surface area contributed by atoms with Gasteiger partial charge in [-0.15, -0.1) is 0 Å². The molecule has 6 nitrogen and oxygen atoms in total. The highest BCUT2D eigenvalue weighted by molar-refractivity contribution is 8.00. The molecular weight excluding hydrogens is 394 g/mol. The molecule has 2 heterocycles. The quantitative estimate of drug-likeness (QED) is 0.473. The Balaban J connectivity index is 1.57. The van der Waals surface area contributed by atoms with Crippen LogP contribution in [0.1, 0.15) is 6.42 Å². The van der Waals surface area contributed by atoms with Crippen LogP contribution in [0.25, 0.3) is 10.9 Å². The van der Waals surface area contributed by atoms with Gasteiger partial charge in [0.25, 0.3) is 0 Å². The molecule has 1 aromatic heterocycles. The van der Waals surface area contributed by atoms with Crippen molar-refractivity contribution in [3.63, 3.8) is 0 Å². The fourth-order valence-electron chi connectivity index (χ4n) is 3.42. The van der Waals surface area contributed by atoms with Gasteiger partial charge in [-0.05, 0) is 24.6 Å². The number of benzene rings is 2. The highest BCUT2D eigenvalue weighted by Gasteiger charge is 2.35. The minimum atomic E-state index is -3.10. The summed E-state index contributed by atoms with van der Waals surface area (Å²) in [6.45, 7) is 0. The van der Waals surface area contributed by atoms with Crippen molar-refractivity contribution in [1.82, 2.24) is 9.97 Å². The zero-order chi connectivity index (χ0) is 19.6. The lowest BCUT2D eigenvalue weighted by Crippen LogP contribution is -2.42. The van der Waals surface area contributed by atoms with Gasteiger partial charge in [0.1, 0.15) is 11.4 Å². The average Bonchev–Trinajstić information content (AvgIpc) is 3.06. The molecule has 0 aliphatic carbocycles. The van der Waals surface area contributed by atoms with E-state index in [1.165, 1.54) is 18.1 Å². The van der Waals surface area contributed by atoms with Crippen LogP contribution < -0.4 is 4.90 Å². The number of hydrogen-bond donors (Lipinski definition) is 0. The normalized spacial score (nSPS) is 18.2. The maximum Gasteiger partial charge on any atom is 0.237 e. The standard InChI is InChI=1S/C20H19N3O3S2/c24-19(12-27-20-17-8-4-5-9-18(17)21-14-22-20)23(15-6-2-1-3-7-15)16-10-11-28(25,26)13-16/h1-9,14,16H,10-13H2/t16-/m1/s1. The number of amides is 1. The van der Waals surface area contributed by atoms with Gasteiger partial charge in [-0.3, -0.25) is 4.79 Å². The zero-order valence-electron chi connectivity index (χ0n) is 15.1. The summed E-state index contributed by atoms with van der Waals surface area (Å²) in [5.41, 5.74) is 1.55. The molecule has 8 heteroatoms. The largest absolute Gasteiger partial charge is 0.308 e. The summed E-state index contributed by atoms with van der Waals surface area (Å²) < 4.78 is 23.9. The van der Waals surface area contributed by atoms with Crippen LogP contribution in [0.3, 0.4) is 0 Å². The molecule has 0 bridgehead atoms. The van der Waals surface area contributed by atoms with Crippen molar-refractivity contribution in [2.75, 3.05) is 22.2 Å². The molecule has 0 spiro atoms. The lowest BCUT2D eigenvalue weighted by molar-refractivity contribution is -0.116. The van der Waals surface area contributed by atoms with Gasteiger partial charge < -0.3 is 4.90 Å². The van der Waals surface area contributed by atoms with Gasteiger partial charge in [0.05, 0.1) is 28.8 Å². The predicted molar refractivity (Wildman–Crippen MR) is 111 cm³/mol. The molecule has 2 aromatic carbocycles. The van der Waals surface area contributed by atoms with Gasteiger partial charge >= 0.3 is 0 Å². The van der Waals surface area contributed by atoms with Gasteiger partial charge in [0.15, 0.2) is 9.84 Å². The molecule has 144 valence electrons. The first kappa shape index (κ1) is 18.9. The van der Waals surface area contributed by atoms with E-state index in [4.69, 9.17) is 0 Å². The van der Waals surface area contributed by atoms with Crippen molar-refractivity contribution in [2.45, 2.75) is 17.5 Å². The number of carbonyl (C=O) groups is 1. The van der Waals surface area contributed by atoms with Gasteiger partial charge in [0.2, 0.25) is 5.91 Å².